The number of likely N-dealkylation sites (N-methyl/N-ethyl adjacent to an activating group) is 1. The van der Waals surface area contributed by atoms with Gasteiger partial charge in [-0.25, -0.2) is 4.79 Å². The van der Waals surface area contributed by atoms with Gasteiger partial charge < -0.3 is 79.2 Å². The predicted molar refractivity (Wildman–Crippen MR) is 313 cm³/mol. The highest BCUT2D eigenvalue weighted by Crippen LogP contribution is 2.17. The van der Waals surface area contributed by atoms with E-state index in [2.05, 4.69) is 63.5 Å². The number of nitrogens with two attached hydrogens (primary N) is 1. The van der Waals surface area contributed by atoms with Gasteiger partial charge in [0.25, 0.3) is 0 Å². The average Bonchev–Trinajstić information content (AvgIpc) is 3.73. The second-order valence-corrected chi connectivity index (χ2v) is 21.8. The Morgan fingerprint density at radius 1 is 0.619 bits per heavy atom. The van der Waals surface area contributed by atoms with Crippen LogP contribution in [0.5, 0.6) is 0 Å². The van der Waals surface area contributed by atoms with Crippen LogP contribution in [0.1, 0.15) is 127 Å². The van der Waals surface area contributed by atoms with Crippen molar-refractivity contribution in [1.82, 2.24) is 58.5 Å². The lowest BCUT2D eigenvalue weighted by molar-refractivity contribution is -0.157. The fraction of sp³-hybridized carbons (Fsp3) is 0.684. The zero-order valence-electron chi connectivity index (χ0n) is 51.0. The molecule has 1 heterocycles. The Morgan fingerprint density at radius 3 is 1.60 bits per heavy atom. The van der Waals surface area contributed by atoms with Crippen LogP contribution < -0.4 is 64.2 Å². The number of ether oxygens (including phenoxy) is 1. The van der Waals surface area contributed by atoms with Crippen LogP contribution in [0.4, 0.5) is 0 Å². The summed E-state index contributed by atoms with van der Waals surface area (Å²) in [7, 11) is 1.62. The molecule has 0 spiro atoms. The summed E-state index contributed by atoms with van der Waals surface area (Å²) < 4.78 is 5.72. The SMILES string of the molecule is CC[C@@H](C)[C@@H](NC(=O)[C@@H](C)NC(=O)[C@H](CO)NC(=O)[C@@H](NC(=O)[C@@H](Cc1ccccc1)NC)[C@@H](C)CC)C(=O)N[C@H](C(=O)N[C@@H](CO)C(=O)N[C@H]1C(=O)N[C@@H](C)C(=O)N[C@@H](CCCN=C(C)N)C(=O)N[C@@H]([C@@H](C)CC)C(=O)O[C@H]1C)[C@@H](C)CC. The van der Waals surface area contributed by atoms with Crippen molar-refractivity contribution in [2.75, 3.05) is 26.8 Å². The van der Waals surface area contributed by atoms with Gasteiger partial charge in [-0.1, -0.05) is 111 Å². The molecular weight excluding hydrogens is 1090 g/mol. The minimum absolute atomic E-state index is 0.0926. The van der Waals surface area contributed by atoms with Gasteiger partial charge in [0.2, 0.25) is 59.1 Å². The van der Waals surface area contributed by atoms with Crippen LogP contribution in [-0.2, 0) is 63.9 Å². The van der Waals surface area contributed by atoms with Crippen LogP contribution in [0.2, 0.25) is 0 Å². The number of benzene rings is 1. The number of carbonyl (C=O) groups is 11. The number of amidine groups is 1. The zero-order chi connectivity index (χ0) is 63.5. The fourth-order valence-corrected chi connectivity index (χ4v) is 8.73. The third kappa shape index (κ3) is 22.7. The third-order valence-corrected chi connectivity index (χ3v) is 15.2. The van der Waals surface area contributed by atoms with Crippen molar-refractivity contribution in [3.05, 3.63) is 35.9 Å². The smallest absolute Gasteiger partial charge is 0.329 e. The van der Waals surface area contributed by atoms with Crippen molar-refractivity contribution in [3.63, 3.8) is 0 Å². The molecular formula is C57H95N13O14. The average molecular weight is 1190 g/mol. The maximum absolute atomic E-state index is 14.2. The number of nitrogens with one attached hydrogen (secondary N) is 11. The first-order valence-corrected chi connectivity index (χ1v) is 29.1. The van der Waals surface area contributed by atoms with E-state index in [0.29, 0.717) is 44.4 Å². The number of hydrogen-bond acceptors (Lipinski definition) is 16. The van der Waals surface area contributed by atoms with Gasteiger partial charge in [0.1, 0.15) is 66.5 Å². The zero-order valence-corrected chi connectivity index (χ0v) is 51.0. The highest BCUT2D eigenvalue weighted by atomic mass is 16.5. The van der Waals surface area contributed by atoms with Crippen LogP contribution >= 0.6 is 0 Å². The molecule has 27 nitrogen and oxygen atoms in total. The maximum atomic E-state index is 14.2. The van der Waals surface area contributed by atoms with E-state index < -0.39 is 174 Å². The monoisotopic (exact) mass is 1190 g/mol. The van der Waals surface area contributed by atoms with E-state index >= 15 is 0 Å². The second kappa shape index (κ2) is 36.4. The lowest BCUT2D eigenvalue weighted by atomic mass is 9.94. The predicted octanol–water partition coefficient (Wildman–Crippen LogP) is -2.02. The summed E-state index contributed by atoms with van der Waals surface area (Å²) in [5, 5.41) is 49.3. The highest BCUT2D eigenvalue weighted by molar-refractivity contribution is 5.99. The molecule has 16 atom stereocenters. The fourth-order valence-electron chi connectivity index (χ4n) is 8.73. The number of carbonyl (C=O) groups excluding carboxylic acids is 11. The van der Waals surface area contributed by atoms with Crippen LogP contribution in [0.3, 0.4) is 0 Å². The molecule has 0 unspecified atom stereocenters. The summed E-state index contributed by atoms with van der Waals surface area (Å²) in [4.78, 5) is 156. The Hall–Kier alpha value is -7.26. The topological polar surface area (TPSA) is 408 Å². The number of amides is 10. The van der Waals surface area contributed by atoms with Gasteiger partial charge in [0.15, 0.2) is 0 Å². The number of rotatable bonds is 31. The molecule has 472 valence electrons. The van der Waals surface area contributed by atoms with Crippen molar-refractivity contribution in [2.45, 2.75) is 201 Å². The van der Waals surface area contributed by atoms with Crippen molar-refractivity contribution in [1.29, 1.82) is 0 Å². The quantitative estimate of drug-likeness (QED) is 0.0165. The Kier molecular flexibility index (Phi) is 31.6. The third-order valence-electron chi connectivity index (χ3n) is 15.2. The van der Waals surface area contributed by atoms with Gasteiger partial charge in [-0.2, -0.15) is 0 Å². The van der Waals surface area contributed by atoms with E-state index in [9.17, 15) is 63.0 Å². The normalized spacial score (nSPS) is 21.8. The number of aliphatic hydroxyl groups excluding tert-OH is 2. The lowest BCUT2D eigenvalue weighted by Crippen LogP contribution is -2.63. The molecule has 1 fully saturated rings. The summed E-state index contributed by atoms with van der Waals surface area (Å²) >= 11 is 0. The molecule has 84 heavy (non-hydrogen) atoms. The molecule has 0 aromatic heterocycles. The van der Waals surface area contributed by atoms with Crippen molar-refractivity contribution in [3.8, 4) is 0 Å². The molecule has 10 amide bonds. The largest absolute Gasteiger partial charge is 0.458 e. The molecule has 2 rings (SSSR count). The molecule has 1 aliphatic rings. The van der Waals surface area contributed by atoms with E-state index in [0.717, 1.165) is 5.56 Å². The van der Waals surface area contributed by atoms with E-state index in [4.69, 9.17) is 10.5 Å². The molecule has 0 bridgehead atoms. The number of aliphatic hydroxyl groups is 2. The van der Waals surface area contributed by atoms with E-state index in [1.807, 2.05) is 37.3 Å². The van der Waals surface area contributed by atoms with Crippen molar-refractivity contribution >= 4 is 70.9 Å². The molecule has 1 saturated heterocycles. The Morgan fingerprint density at radius 2 is 1.11 bits per heavy atom. The first kappa shape index (κ1) is 72.8. The first-order valence-electron chi connectivity index (χ1n) is 29.1. The van der Waals surface area contributed by atoms with Gasteiger partial charge in [-0.15, -0.1) is 0 Å². The number of nitrogens with zero attached hydrogens (tertiary/aromatic N) is 1. The van der Waals surface area contributed by atoms with E-state index in [1.54, 1.807) is 62.4 Å². The summed E-state index contributed by atoms with van der Waals surface area (Å²) in [5.41, 5.74) is 6.53. The number of esters is 1. The number of aliphatic imine (C=N–C) groups is 1. The maximum Gasteiger partial charge on any atom is 0.329 e. The lowest BCUT2D eigenvalue weighted by Gasteiger charge is -2.31. The minimum Gasteiger partial charge on any atom is -0.458 e. The Balaban J connectivity index is 2.30. The molecule has 0 radical (unpaired) electrons. The molecule has 1 aromatic rings. The highest BCUT2D eigenvalue weighted by Gasteiger charge is 2.40. The molecule has 0 aliphatic carbocycles. The van der Waals surface area contributed by atoms with Crippen molar-refractivity contribution in [2.24, 2.45) is 34.4 Å². The molecule has 27 heteroatoms. The number of cyclic esters (lactones) is 1. The summed E-state index contributed by atoms with van der Waals surface area (Å²) in [6.45, 7) is 17.7. The molecule has 0 saturated carbocycles. The van der Waals surface area contributed by atoms with E-state index in [1.165, 1.54) is 20.8 Å². The number of hydrogen-bond donors (Lipinski definition) is 14. The van der Waals surface area contributed by atoms with Crippen molar-refractivity contribution < 1.29 is 67.7 Å². The van der Waals surface area contributed by atoms with Crippen LogP contribution in [0, 0.1) is 23.7 Å². The van der Waals surface area contributed by atoms with Crippen LogP contribution in [0.25, 0.3) is 0 Å². The van der Waals surface area contributed by atoms with E-state index in [-0.39, 0.29) is 13.0 Å². The molecule has 1 aromatic carbocycles. The molecule has 15 N–H and O–H groups in total. The van der Waals surface area contributed by atoms with Gasteiger partial charge >= 0.3 is 5.97 Å². The first-order chi connectivity index (χ1) is 39.6. The standard InChI is InChI=1S/C57H95N13O14/c1-14-29(5)42(67-50(76)39(59-13)26-37-22-19-18-20-23-37)53(79)64-40(27-71)51(77)61-34(10)48(74)66-44(31(7)16-3)55(81)68-43(30(6)15-2)54(80)65-41(28-72)52(78)70-46-35(11)84-57(83)45(32(8)17-4)69-49(75)38(24-21-25-60-36(12)58)63-47(73)33(9)62-56(46)82/h18-20,22-23,29-35,38-46,59,71-72H,14-17,21,24-28H2,1-13H3,(H2,58,60)(H,61,77)(H,62,82)(H,63,73)(H,64,79)(H,65,80)(H,66,74)(H,67,76)(H,68,81)(H,69,75)(H,70,78)/t29-,30-,31+,32-,33-,34+,35-,38-,39+,40-,41-,42-,43-,44+,45-,46+/m0/s1. The Bertz CT molecular complexity index is 2410. The van der Waals surface area contributed by atoms with Crippen LogP contribution in [0.15, 0.2) is 35.3 Å². The van der Waals surface area contributed by atoms with Gasteiger partial charge in [0.05, 0.1) is 25.1 Å². The van der Waals surface area contributed by atoms with Gasteiger partial charge in [-0.05, 0) is 83.2 Å². The summed E-state index contributed by atoms with van der Waals surface area (Å²) in [6.07, 6.45) is 0.777. The summed E-state index contributed by atoms with van der Waals surface area (Å²) in [5.74, 6) is -11.1. The van der Waals surface area contributed by atoms with Crippen LogP contribution in [-0.4, -0.2) is 180 Å². The molecule has 1 aliphatic heterocycles. The van der Waals surface area contributed by atoms with Gasteiger partial charge in [0, 0.05) is 6.54 Å². The minimum atomic E-state index is -1.78. The second-order valence-electron chi connectivity index (χ2n) is 21.8. The Labute approximate surface area is 493 Å². The van der Waals surface area contributed by atoms with Gasteiger partial charge in [-0.3, -0.25) is 52.9 Å². The summed E-state index contributed by atoms with van der Waals surface area (Å²) in [6, 6.07) is -5.39.